The number of fused-ring (bicyclic) bond motifs is 1. The first-order valence-electron chi connectivity index (χ1n) is 8.58. The molecule has 2 N–H and O–H groups in total. The lowest BCUT2D eigenvalue weighted by atomic mass is 9.97. The molecule has 1 unspecified atom stereocenters. The van der Waals surface area contributed by atoms with Crippen molar-refractivity contribution in [1.29, 1.82) is 0 Å². The van der Waals surface area contributed by atoms with Gasteiger partial charge in [-0.2, -0.15) is 5.10 Å². The highest BCUT2D eigenvalue weighted by Crippen LogP contribution is 2.39. The number of hydrogen-bond donors (Lipinski definition) is 2. The summed E-state index contributed by atoms with van der Waals surface area (Å²) >= 11 is 0. The second kappa shape index (κ2) is 6.24. The van der Waals surface area contributed by atoms with Crippen LogP contribution >= 0.6 is 0 Å². The second-order valence-electron chi connectivity index (χ2n) is 6.67. The molecule has 0 saturated heterocycles. The third-order valence-corrected chi connectivity index (χ3v) is 4.83. The van der Waals surface area contributed by atoms with Gasteiger partial charge in [0.15, 0.2) is 5.82 Å². The van der Waals surface area contributed by atoms with Crippen LogP contribution in [0.4, 0.5) is 5.82 Å². The van der Waals surface area contributed by atoms with Gasteiger partial charge in [0.2, 0.25) is 5.91 Å². The normalized spacial score (nSPS) is 15.1. The van der Waals surface area contributed by atoms with E-state index in [4.69, 9.17) is 4.74 Å². The minimum absolute atomic E-state index is 0.0540. The summed E-state index contributed by atoms with van der Waals surface area (Å²) in [6, 6.07) is 13.9. The van der Waals surface area contributed by atoms with E-state index in [0.29, 0.717) is 11.7 Å². The summed E-state index contributed by atoms with van der Waals surface area (Å²) in [5.74, 6) is 1.71. The first-order valence-corrected chi connectivity index (χ1v) is 8.58. The number of benzene rings is 2. The number of methoxy groups -OCH3 is 1. The average molecular weight is 335 g/mol. The highest BCUT2D eigenvalue weighted by molar-refractivity contribution is 5.96. The van der Waals surface area contributed by atoms with E-state index in [2.05, 4.69) is 21.6 Å². The Hall–Kier alpha value is -2.82. The van der Waals surface area contributed by atoms with Gasteiger partial charge in [-0.3, -0.25) is 9.89 Å². The molecule has 25 heavy (non-hydrogen) atoms. The topological polar surface area (TPSA) is 67.0 Å². The molecule has 1 amide bonds. The smallest absolute Gasteiger partial charge is 0.232 e. The molecule has 5 heteroatoms. The lowest BCUT2D eigenvalue weighted by Gasteiger charge is -2.12. The maximum Gasteiger partial charge on any atom is 0.232 e. The van der Waals surface area contributed by atoms with E-state index in [-0.39, 0.29) is 11.8 Å². The van der Waals surface area contributed by atoms with E-state index < -0.39 is 0 Å². The quantitative estimate of drug-likeness (QED) is 0.734. The van der Waals surface area contributed by atoms with Gasteiger partial charge in [-0.1, -0.05) is 24.3 Å². The molecule has 1 aliphatic carbocycles. The number of nitrogens with zero attached hydrogens (tertiary/aromatic N) is 1. The third kappa shape index (κ3) is 3.22. The molecule has 1 aromatic heterocycles. The Labute approximate surface area is 146 Å². The maximum absolute atomic E-state index is 12.6. The van der Waals surface area contributed by atoms with Crippen molar-refractivity contribution in [2.45, 2.75) is 31.6 Å². The molecule has 5 nitrogen and oxygen atoms in total. The van der Waals surface area contributed by atoms with Crippen LogP contribution in [-0.2, 0) is 4.79 Å². The Morgan fingerprint density at radius 3 is 2.72 bits per heavy atom. The van der Waals surface area contributed by atoms with E-state index >= 15 is 0 Å². The number of amides is 1. The number of aromatic amines is 1. The zero-order valence-electron chi connectivity index (χ0n) is 14.4. The van der Waals surface area contributed by atoms with Crippen molar-refractivity contribution < 1.29 is 9.53 Å². The summed E-state index contributed by atoms with van der Waals surface area (Å²) in [6.07, 6.45) is 2.40. The van der Waals surface area contributed by atoms with Gasteiger partial charge in [0.1, 0.15) is 5.75 Å². The Morgan fingerprint density at radius 1 is 1.20 bits per heavy atom. The first kappa shape index (κ1) is 15.7. The fourth-order valence-electron chi connectivity index (χ4n) is 3.03. The van der Waals surface area contributed by atoms with Gasteiger partial charge in [-0.15, -0.1) is 0 Å². The molecule has 0 spiro atoms. The predicted molar refractivity (Wildman–Crippen MR) is 98.1 cm³/mol. The molecule has 0 bridgehead atoms. The van der Waals surface area contributed by atoms with Crippen molar-refractivity contribution in [3.8, 4) is 5.75 Å². The SMILES string of the molecule is COc1ccc2cc(C(C)C(=O)Nc3cc(C4CC4)[nH]n3)ccc2c1. The summed E-state index contributed by atoms with van der Waals surface area (Å²) in [5, 5.41) is 12.3. The molecule has 0 radical (unpaired) electrons. The summed E-state index contributed by atoms with van der Waals surface area (Å²) in [6.45, 7) is 1.91. The number of H-pyrrole nitrogens is 1. The zero-order chi connectivity index (χ0) is 17.4. The third-order valence-electron chi connectivity index (χ3n) is 4.83. The van der Waals surface area contributed by atoms with Crippen molar-refractivity contribution in [2.24, 2.45) is 0 Å². The van der Waals surface area contributed by atoms with Gasteiger partial charge in [-0.25, -0.2) is 0 Å². The van der Waals surface area contributed by atoms with Crippen LogP contribution in [0.3, 0.4) is 0 Å². The largest absolute Gasteiger partial charge is 0.497 e. The van der Waals surface area contributed by atoms with Crippen LogP contribution in [0.1, 0.15) is 42.9 Å². The monoisotopic (exact) mass is 335 g/mol. The molecular formula is C20H21N3O2. The number of rotatable bonds is 5. The number of carbonyl (C=O) groups is 1. The Kier molecular flexibility index (Phi) is 3.92. The lowest BCUT2D eigenvalue weighted by Crippen LogP contribution is -2.19. The van der Waals surface area contributed by atoms with E-state index in [1.807, 2.05) is 43.3 Å². The number of hydrogen-bond acceptors (Lipinski definition) is 3. The standard InChI is InChI=1S/C20H21N3O2/c1-12(20(24)21-19-11-18(22-23-19)13-3-4-13)14-5-6-16-10-17(25-2)8-7-15(16)9-14/h5-13H,3-4H2,1-2H3,(H2,21,22,23,24). The predicted octanol–water partition coefficient (Wildman–Crippen LogP) is 4.19. The van der Waals surface area contributed by atoms with Gasteiger partial charge in [0.25, 0.3) is 0 Å². The number of carbonyl (C=O) groups excluding carboxylic acids is 1. The first-order chi connectivity index (χ1) is 12.1. The van der Waals surface area contributed by atoms with Crippen molar-refractivity contribution in [2.75, 3.05) is 12.4 Å². The molecule has 1 fully saturated rings. The van der Waals surface area contributed by atoms with Crippen LogP contribution in [0.2, 0.25) is 0 Å². The number of aromatic nitrogens is 2. The van der Waals surface area contributed by atoms with E-state index in [1.54, 1.807) is 7.11 Å². The van der Waals surface area contributed by atoms with Crippen LogP contribution in [0.15, 0.2) is 42.5 Å². The molecule has 1 heterocycles. The summed E-state index contributed by atoms with van der Waals surface area (Å²) in [5.41, 5.74) is 2.09. The van der Waals surface area contributed by atoms with Crippen molar-refractivity contribution in [1.82, 2.24) is 10.2 Å². The van der Waals surface area contributed by atoms with Gasteiger partial charge in [0.05, 0.1) is 13.0 Å². The fourth-order valence-corrected chi connectivity index (χ4v) is 3.03. The van der Waals surface area contributed by atoms with Crippen LogP contribution in [0.25, 0.3) is 10.8 Å². The van der Waals surface area contributed by atoms with Crippen LogP contribution in [0.5, 0.6) is 5.75 Å². The van der Waals surface area contributed by atoms with Crippen molar-refractivity contribution in [3.63, 3.8) is 0 Å². The van der Waals surface area contributed by atoms with Crippen LogP contribution in [-0.4, -0.2) is 23.2 Å². The molecule has 1 aliphatic rings. The molecule has 1 saturated carbocycles. The minimum atomic E-state index is -0.257. The molecule has 0 aliphatic heterocycles. The Balaban J connectivity index is 1.51. The van der Waals surface area contributed by atoms with E-state index in [0.717, 1.165) is 27.8 Å². The van der Waals surface area contributed by atoms with Gasteiger partial charge in [-0.05, 0) is 48.2 Å². The van der Waals surface area contributed by atoms with Crippen molar-refractivity contribution >= 4 is 22.5 Å². The number of nitrogens with one attached hydrogen (secondary N) is 2. The van der Waals surface area contributed by atoms with E-state index in [9.17, 15) is 4.79 Å². The average Bonchev–Trinajstić information content (AvgIpc) is 3.39. The number of ether oxygens (including phenoxy) is 1. The molecule has 3 aromatic rings. The summed E-state index contributed by atoms with van der Waals surface area (Å²) < 4.78 is 5.25. The Morgan fingerprint density at radius 2 is 1.96 bits per heavy atom. The van der Waals surface area contributed by atoms with Crippen LogP contribution < -0.4 is 10.1 Å². The molecule has 1 atom stereocenters. The highest BCUT2D eigenvalue weighted by atomic mass is 16.5. The molecule has 4 rings (SSSR count). The van der Waals surface area contributed by atoms with Gasteiger partial charge in [0, 0.05) is 17.7 Å². The van der Waals surface area contributed by atoms with E-state index in [1.165, 1.54) is 12.8 Å². The zero-order valence-corrected chi connectivity index (χ0v) is 14.4. The Bertz CT molecular complexity index is 928. The van der Waals surface area contributed by atoms with Crippen LogP contribution in [0, 0.1) is 0 Å². The minimum Gasteiger partial charge on any atom is -0.497 e. The second-order valence-corrected chi connectivity index (χ2v) is 6.67. The molecule has 2 aromatic carbocycles. The summed E-state index contributed by atoms with van der Waals surface area (Å²) in [4.78, 5) is 12.6. The molecular weight excluding hydrogens is 314 g/mol. The van der Waals surface area contributed by atoms with Gasteiger partial charge < -0.3 is 10.1 Å². The van der Waals surface area contributed by atoms with Gasteiger partial charge >= 0.3 is 0 Å². The molecule has 128 valence electrons. The highest BCUT2D eigenvalue weighted by Gasteiger charge is 2.26. The summed E-state index contributed by atoms with van der Waals surface area (Å²) in [7, 11) is 1.66. The maximum atomic E-state index is 12.6. The number of anilines is 1. The van der Waals surface area contributed by atoms with Crippen molar-refractivity contribution in [3.05, 3.63) is 53.7 Å². The fraction of sp³-hybridized carbons (Fsp3) is 0.300. The lowest BCUT2D eigenvalue weighted by molar-refractivity contribution is -0.117.